The van der Waals surface area contributed by atoms with Gasteiger partial charge in [-0.25, -0.2) is 18.1 Å². The van der Waals surface area contributed by atoms with Crippen molar-refractivity contribution in [2.45, 2.75) is 38.7 Å². The van der Waals surface area contributed by atoms with Crippen LogP contribution in [0.15, 0.2) is 24.3 Å². The van der Waals surface area contributed by atoms with Gasteiger partial charge in [0.25, 0.3) is 5.91 Å². The third kappa shape index (κ3) is 5.36. The number of aliphatic hydroxyl groups excluding tert-OH is 1. The largest absolute Gasteiger partial charge is 0.393 e. The molecule has 10 heteroatoms. The predicted molar refractivity (Wildman–Crippen MR) is 115 cm³/mol. The molecule has 1 fully saturated rings. The van der Waals surface area contributed by atoms with E-state index in [1.165, 1.54) is 11.3 Å². The molecule has 1 aromatic carbocycles. The van der Waals surface area contributed by atoms with Crippen molar-refractivity contribution in [2.24, 2.45) is 5.92 Å². The first-order valence-corrected chi connectivity index (χ1v) is 12.3. The van der Waals surface area contributed by atoms with E-state index in [-0.39, 0.29) is 11.6 Å². The van der Waals surface area contributed by atoms with E-state index >= 15 is 0 Å². The zero-order valence-electron chi connectivity index (χ0n) is 16.8. The van der Waals surface area contributed by atoms with Crippen molar-refractivity contribution in [1.82, 2.24) is 9.71 Å². The van der Waals surface area contributed by atoms with Crippen molar-refractivity contribution in [3.05, 3.63) is 40.4 Å². The van der Waals surface area contributed by atoms with Gasteiger partial charge in [-0.3, -0.25) is 4.79 Å². The van der Waals surface area contributed by atoms with Crippen LogP contribution in [-0.2, 0) is 10.0 Å². The number of hydrogen-bond donors (Lipinski definition) is 2. The number of carbonyl (C=O) groups is 1. The monoisotopic (exact) mass is 448 g/mol. The van der Waals surface area contributed by atoms with Crippen LogP contribution in [0.5, 0.6) is 0 Å². The molecule has 2 atom stereocenters. The van der Waals surface area contributed by atoms with E-state index in [0.717, 1.165) is 37.6 Å². The van der Waals surface area contributed by atoms with Gasteiger partial charge in [0, 0.05) is 23.0 Å². The number of carbonyl (C=O) groups excluding carboxylic acids is 1. The minimum atomic E-state index is -3.70. The highest BCUT2D eigenvalue weighted by Gasteiger charge is 2.28. The molecule has 1 aliphatic rings. The normalized spacial score (nSPS) is 19.1. The molecule has 1 heterocycles. The van der Waals surface area contributed by atoms with Crippen molar-refractivity contribution in [2.75, 3.05) is 17.7 Å². The first-order valence-electron chi connectivity index (χ1n) is 9.63. The summed E-state index contributed by atoms with van der Waals surface area (Å²) in [6.07, 6.45) is 4.20. The Kier molecular flexibility index (Phi) is 6.75. The molecule has 1 amide bonds. The fourth-order valence-corrected chi connectivity index (χ4v) is 4.94. The topological polar surface area (TPSA) is 123 Å². The van der Waals surface area contributed by atoms with Crippen molar-refractivity contribution in [1.29, 1.82) is 5.26 Å². The fraction of sp³-hybridized carbons (Fsp3) is 0.450. The van der Waals surface area contributed by atoms with Crippen LogP contribution >= 0.6 is 11.3 Å². The molecule has 0 spiro atoms. The molecule has 160 valence electrons. The van der Waals surface area contributed by atoms with Crippen LogP contribution in [0.3, 0.4) is 0 Å². The van der Waals surface area contributed by atoms with E-state index in [1.54, 1.807) is 31.2 Å². The molecule has 8 nitrogen and oxygen atoms in total. The number of aryl methyl sites for hydroxylation is 1. The summed E-state index contributed by atoms with van der Waals surface area (Å²) in [5, 5.41) is 20.1. The van der Waals surface area contributed by atoms with Gasteiger partial charge >= 0.3 is 0 Å². The number of anilines is 2. The van der Waals surface area contributed by atoms with E-state index < -0.39 is 22.0 Å². The van der Waals surface area contributed by atoms with E-state index in [4.69, 9.17) is 5.26 Å². The second kappa shape index (κ2) is 9.12. The Morgan fingerprint density at radius 2 is 2.00 bits per heavy atom. The lowest BCUT2D eigenvalue weighted by atomic mass is 9.86. The smallest absolute Gasteiger partial charge is 0.284 e. The van der Waals surface area contributed by atoms with E-state index in [9.17, 15) is 18.3 Å². The Balaban J connectivity index is 1.96. The highest BCUT2D eigenvalue weighted by atomic mass is 32.2. The van der Waals surface area contributed by atoms with Gasteiger partial charge in [0.05, 0.1) is 24.0 Å². The first kappa shape index (κ1) is 22.2. The molecule has 0 saturated heterocycles. The SMILES string of the molecule is Cc1sc(N(C[C@H]2CCCC[C@@H]2O)c2ccc(C#N)cc2)nc1C(=O)NS(C)(=O)=O. The number of thiazole rings is 1. The van der Waals surface area contributed by atoms with Crippen LogP contribution in [0.2, 0.25) is 0 Å². The lowest BCUT2D eigenvalue weighted by Crippen LogP contribution is -2.35. The van der Waals surface area contributed by atoms with Crippen molar-refractivity contribution in [3.63, 3.8) is 0 Å². The third-order valence-corrected chi connectivity index (χ3v) is 6.65. The molecule has 3 rings (SSSR count). The molecule has 2 N–H and O–H groups in total. The average Bonchev–Trinajstić information content (AvgIpc) is 3.08. The van der Waals surface area contributed by atoms with Crippen LogP contribution in [0.1, 0.15) is 46.6 Å². The summed E-state index contributed by atoms with van der Waals surface area (Å²) < 4.78 is 24.8. The van der Waals surface area contributed by atoms with Gasteiger partial charge in [0.15, 0.2) is 5.13 Å². The van der Waals surface area contributed by atoms with Crippen LogP contribution in [0.25, 0.3) is 0 Å². The second-order valence-electron chi connectivity index (χ2n) is 7.49. The summed E-state index contributed by atoms with van der Waals surface area (Å²) in [6.45, 7) is 2.22. The number of aliphatic hydroxyl groups is 1. The average molecular weight is 449 g/mol. The van der Waals surface area contributed by atoms with Crippen molar-refractivity contribution in [3.8, 4) is 6.07 Å². The fourth-order valence-electron chi connectivity index (χ4n) is 3.57. The zero-order valence-corrected chi connectivity index (χ0v) is 18.5. The molecule has 0 aliphatic heterocycles. The molecule has 2 aromatic rings. The number of hydrogen-bond acceptors (Lipinski definition) is 8. The third-order valence-electron chi connectivity index (χ3n) is 5.10. The number of nitrogens with zero attached hydrogens (tertiary/aromatic N) is 3. The standard InChI is InChI=1S/C20H24N4O4S2/c1-13-18(19(26)23-30(2,27)28)22-20(29-13)24(12-15-5-3-4-6-17(15)25)16-9-7-14(11-21)8-10-16/h7-10,15,17,25H,3-6,12H2,1-2H3,(H,23,26)/t15-,17+/m1/s1. The maximum atomic E-state index is 12.3. The first-order chi connectivity index (χ1) is 14.2. The summed E-state index contributed by atoms with van der Waals surface area (Å²) in [4.78, 5) is 19.3. The number of nitriles is 1. The summed E-state index contributed by atoms with van der Waals surface area (Å²) >= 11 is 1.28. The molecular formula is C20H24N4O4S2. The molecule has 30 heavy (non-hydrogen) atoms. The van der Waals surface area contributed by atoms with Gasteiger partial charge in [0.2, 0.25) is 10.0 Å². The van der Waals surface area contributed by atoms with Crippen molar-refractivity contribution < 1.29 is 18.3 Å². The molecule has 0 radical (unpaired) electrons. The zero-order chi connectivity index (χ0) is 21.9. The summed E-state index contributed by atoms with van der Waals surface area (Å²) in [5.74, 6) is -0.720. The summed E-state index contributed by atoms with van der Waals surface area (Å²) in [5.41, 5.74) is 1.37. The van der Waals surface area contributed by atoms with Crippen LogP contribution in [0.4, 0.5) is 10.8 Å². The van der Waals surface area contributed by atoms with Gasteiger partial charge in [-0.15, -0.1) is 11.3 Å². The highest BCUT2D eigenvalue weighted by Crippen LogP contribution is 2.35. The quantitative estimate of drug-likeness (QED) is 0.696. The molecular weight excluding hydrogens is 424 g/mol. The molecule has 1 aliphatic carbocycles. The predicted octanol–water partition coefficient (Wildman–Crippen LogP) is 2.70. The van der Waals surface area contributed by atoms with Crippen LogP contribution < -0.4 is 9.62 Å². The Morgan fingerprint density at radius 1 is 1.33 bits per heavy atom. The Morgan fingerprint density at radius 3 is 2.60 bits per heavy atom. The minimum absolute atomic E-state index is 0.0481. The second-order valence-corrected chi connectivity index (χ2v) is 10.4. The maximum absolute atomic E-state index is 12.3. The highest BCUT2D eigenvalue weighted by molar-refractivity contribution is 7.89. The number of nitrogens with one attached hydrogen (secondary N) is 1. The van der Waals surface area contributed by atoms with E-state index in [1.807, 2.05) is 9.62 Å². The molecule has 1 saturated carbocycles. The lowest BCUT2D eigenvalue weighted by molar-refractivity contribution is 0.0742. The number of rotatable bonds is 6. The van der Waals surface area contributed by atoms with Crippen LogP contribution in [0, 0.1) is 24.2 Å². The summed E-state index contributed by atoms with van der Waals surface area (Å²) in [6, 6.07) is 9.11. The van der Waals surface area contributed by atoms with Gasteiger partial charge in [0.1, 0.15) is 5.69 Å². The minimum Gasteiger partial charge on any atom is -0.393 e. The number of amides is 1. The van der Waals surface area contributed by atoms with Gasteiger partial charge in [-0.2, -0.15) is 5.26 Å². The molecule has 0 unspecified atom stereocenters. The van der Waals surface area contributed by atoms with E-state index in [2.05, 4.69) is 11.1 Å². The maximum Gasteiger partial charge on any atom is 0.284 e. The molecule has 0 bridgehead atoms. The Bertz CT molecular complexity index is 1060. The van der Waals surface area contributed by atoms with Gasteiger partial charge < -0.3 is 10.0 Å². The van der Waals surface area contributed by atoms with E-state index in [0.29, 0.717) is 22.1 Å². The number of aromatic nitrogens is 1. The van der Waals surface area contributed by atoms with Crippen LogP contribution in [-0.4, -0.2) is 43.3 Å². The Hall–Kier alpha value is -2.48. The Labute approximate surface area is 180 Å². The molecule has 1 aromatic heterocycles. The number of benzene rings is 1. The lowest BCUT2D eigenvalue weighted by Gasteiger charge is -2.33. The number of sulfonamides is 1. The summed E-state index contributed by atoms with van der Waals surface area (Å²) in [7, 11) is -3.70. The van der Waals surface area contributed by atoms with Gasteiger partial charge in [-0.05, 0) is 44.0 Å². The van der Waals surface area contributed by atoms with Crippen molar-refractivity contribution >= 4 is 38.1 Å². The van der Waals surface area contributed by atoms with Gasteiger partial charge in [-0.1, -0.05) is 12.8 Å².